The molecular weight excluding hydrogens is 262 g/mol. The van der Waals surface area contributed by atoms with E-state index in [-0.39, 0.29) is 6.04 Å². The Labute approximate surface area is 128 Å². The van der Waals surface area contributed by atoms with Gasteiger partial charge in [0.25, 0.3) is 0 Å². The van der Waals surface area contributed by atoms with Crippen LogP contribution in [0.25, 0.3) is 0 Å². The molecule has 3 heteroatoms. The molecule has 0 radical (unpaired) electrons. The molecule has 1 unspecified atom stereocenters. The summed E-state index contributed by atoms with van der Waals surface area (Å²) in [4.78, 5) is 0. The van der Waals surface area contributed by atoms with E-state index in [2.05, 4.69) is 24.4 Å². The van der Waals surface area contributed by atoms with E-state index in [4.69, 9.17) is 9.47 Å². The lowest BCUT2D eigenvalue weighted by atomic mass is 9.97. The first-order valence-electron chi connectivity index (χ1n) is 7.88. The number of nitrogens with one attached hydrogen (secondary N) is 1. The molecule has 1 aliphatic carbocycles. The summed E-state index contributed by atoms with van der Waals surface area (Å²) in [7, 11) is 3.41. The Morgan fingerprint density at radius 1 is 1.19 bits per heavy atom. The van der Waals surface area contributed by atoms with E-state index in [1.54, 1.807) is 19.8 Å². The van der Waals surface area contributed by atoms with Gasteiger partial charge in [-0.2, -0.15) is 0 Å². The number of rotatable bonds is 7. The Balaban J connectivity index is 1.92. The fourth-order valence-electron chi connectivity index (χ4n) is 2.87. The molecule has 0 bridgehead atoms. The van der Waals surface area contributed by atoms with Gasteiger partial charge in [0.1, 0.15) is 11.5 Å². The summed E-state index contributed by atoms with van der Waals surface area (Å²) in [6.45, 7) is 3.18. The molecule has 3 nitrogen and oxygen atoms in total. The average molecular weight is 289 g/mol. The molecule has 0 fully saturated rings. The molecule has 2 rings (SSSR count). The van der Waals surface area contributed by atoms with Crippen LogP contribution >= 0.6 is 0 Å². The Kier molecular flexibility index (Phi) is 6.12. The van der Waals surface area contributed by atoms with E-state index in [9.17, 15) is 0 Å². The molecule has 0 spiro atoms. The molecule has 1 aromatic rings. The van der Waals surface area contributed by atoms with Crippen LogP contribution in [0.1, 0.15) is 50.6 Å². The Morgan fingerprint density at radius 3 is 2.71 bits per heavy atom. The lowest BCUT2D eigenvalue weighted by molar-refractivity contribution is 0.392. The number of allylic oxidation sites excluding steroid dienone is 1. The third-order valence-electron chi connectivity index (χ3n) is 4.19. The van der Waals surface area contributed by atoms with Crippen molar-refractivity contribution in [1.82, 2.24) is 5.32 Å². The monoisotopic (exact) mass is 289 g/mol. The zero-order valence-corrected chi connectivity index (χ0v) is 13.4. The number of hydrogen-bond acceptors (Lipinski definition) is 3. The van der Waals surface area contributed by atoms with Crippen LogP contribution in [-0.2, 0) is 0 Å². The van der Waals surface area contributed by atoms with Crippen molar-refractivity contribution in [1.29, 1.82) is 0 Å². The first-order chi connectivity index (χ1) is 10.2. The van der Waals surface area contributed by atoms with Crippen LogP contribution in [0.4, 0.5) is 0 Å². The molecule has 1 N–H and O–H groups in total. The largest absolute Gasteiger partial charge is 0.497 e. The zero-order valence-electron chi connectivity index (χ0n) is 13.4. The third kappa shape index (κ3) is 4.50. The van der Waals surface area contributed by atoms with E-state index < -0.39 is 0 Å². The fourth-order valence-corrected chi connectivity index (χ4v) is 2.87. The highest BCUT2D eigenvalue weighted by Gasteiger charge is 2.12. The van der Waals surface area contributed by atoms with Crippen molar-refractivity contribution in [2.75, 3.05) is 20.8 Å². The van der Waals surface area contributed by atoms with Gasteiger partial charge in [-0.15, -0.1) is 0 Å². The lowest BCUT2D eigenvalue weighted by Crippen LogP contribution is -2.21. The first-order valence-corrected chi connectivity index (χ1v) is 7.88. The van der Waals surface area contributed by atoms with Gasteiger partial charge in [-0.25, -0.2) is 0 Å². The molecule has 1 atom stereocenters. The van der Waals surface area contributed by atoms with Gasteiger partial charge in [0.15, 0.2) is 0 Å². The topological polar surface area (TPSA) is 30.5 Å². The summed E-state index contributed by atoms with van der Waals surface area (Å²) in [6, 6.07) is 6.20. The molecular formula is C18H27NO2. The molecule has 116 valence electrons. The molecule has 0 amide bonds. The van der Waals surface area contributed by atoms with Crippen molar-refractivity contribution in [2.24, 2.45) is 0 Å². The van der Waals surface area contributed by atoms with Gasteiger partial charge < -0.3 is 14.8 Å². The number of ether oxygens (including phenoxy) is 2. The van der Waals surface area contributed by atoms with Crippen molar-refractivity contribution in [3.8, 4) is 11.5 Å². The number of methoxy groups -OCH3 is 2. The van der Waals surface area contributed by atoms with Crippen LogP contribution in [0.15, 0.2) is 29.8 Å². The first kappa shape index (κ1) is 15.9. The number of hydrogen-bond donors (Lipinski definition) is 1. The fraction of sp³-hybridized carbons (Fsp3) is 0.556. The Morgan fingerprint density at radius 2 is 2.05 bits per heavy atom. The molecule has 0 saturated heterocycles. The van der Waals surface area contributed by atoms with E-state index >= 15 is 0 Å². The van der Waals surface area contributed by atoms with Gasteiger partial charge in [-0.05, 0) is 63.8 Å². The molecule has 1 aromatic carbocycles. The standard InChI is InChI=1S/C18H27NO2/c1-14(19-12-11-15-7-5-4-6-8-15)17-13-16(20-2)9-10-18(17)21-3/h7,9-10,13-14,19H,4-6,8,11-12H2,1-3H3. The van der Waals surface area contributed by atoms with Crippen molar-refractivity contribution in [3.63, 3.8) is 0 Å². The van der Waals surface area contributed by atoms with E-state index in [0.29, 0.717) is 0 Å². The molecule has 0 saturated carbocycles. The summed E-state index contributed by atoms with van der Waals surface area (Å²) in [5.74, 6) is 1.78. The van der Waals surface area contributed by atoms with Crippen LogP contribution in [0, 0.1) is 0 Å². The van der Waals surface area contributed by atoms with E-state index in [0.717, 1.165) is 30.0 Å². The predicted molar refractivity (Wildman–Crippen MR) is 87.1 cm³/mol. The van der Waals surface area contributed by atoms with Crippen molar-refractivity contribution >= 4 is 0 Å². The molecule has 21 heavy (non-hydrogen) atoms. The molecule has 0 heterocycles. The van der Waals surface area contributed by atoms with Gasteiger partial charge >= 0.3 is 0 Å². The highest BCUT2D eigenvalue weighted by atomic mass is 16.5. The maximum absolute atomic E-state index is 5.46. The van der Waals surface area contributed by atoms with Crippen LogP contribution < -0.4 is 14.8 Å². The quantitative estimate of drug-likeness (QED) is 0.761. The van der Waals surface area contributed by atoms with Crippen LogP contribution in [0.2, 0.25) is 0 Å². The minimum atomic E-state index is 0.249. The zero-order chi connectivity index (χ0) is 15.1. The minimum absolute atomic E-state index is 0.249. The second-order valence-corrected chi connectivity index (χ2v) is 5.64. The summed E-state index contributed by atoms with van der Waals surface area (Å²) < 4.78 is 10.8. The molecule has 1 aliphatic rings. The molecule has 0 aromatic heterocycles. The summed E-state index contributed by atoms with van der Waals surface area (Å²) in [5, 5.41) is 3.60. The van der Waals surface area contributed by atoms with Gasteiger partial charge in [0.2, 0.25) is 0 Å². The van der Waals surface area contributed by atoms with Crippen molar-refractivity contribution in [3.05, 3.63) is 35.4 Å². The highest BCUT2D eigenvalue weighted by molar-refractivity contribution is 5.42. The average Bonchev–Trinajstić information content (AvgIpc) is 2.55. The van der Waals surface area contributed by atoms with Crippen molar-refractivity contribution < 1.29 is 9.47 Å². The summed E-state index contributed by atoms with van der Waals surface area (Å²) in [6.07, 6.45) is 8.81. The smallest absolute Gasteiger partial charge is 0.123 e. The SMILES string of the molecule is COc1ccc(OC)c(C(C)NCCC2=CCCCC2)c1. The molecule has 0 aliphatic heterocycles. The van der Waals surface area contributed by atoms with Gasteiger partial charge in [-0.3, -0.25) is 0 Å². The van der Waals surface area contributed by atoms with Crippen LogP contribution in [-0.4, -0.2) is 20.8 Å². The Hall–Kier alpha value is -1.48. The van der Waals surface area contributed by atoms with Crippen LogP contribution in [0.5, 0.6) is 11.5 Å². The Bertz CT molecular complexity index is 482. The highest BCUT2D eigenvalue weighted by Crippen LogP contribution is 2.29. The minimum Gasteiger partial charge on any atom is -0.497 e. The van der Waals surface area contributed by atoms with Gasteiger partial charge in [0.05, 0.1) is 14.2 Å². The number of benzene rings is 1. The third-order valence-corrected chi connectivity index (χ3v) is 4.19. The maximum atomic E-state index is 5.46. The van der Waals surface area contributed by atoms with E-state index in [1.807, 2.05) is 12.1 Å². The second kappa shape index (κ2) is 8.08. The lowest BCUT2D eigenvalue weighted by Gasteiger charge is -2.19. The van der Waals surface area contributed by atoms with E-state index in [1.165, 1.54) is 25.7 Å². The predicted octanol–water partition coefficient (Wildman–Crippen LogP) is 4.24. The summed E-state index contributed by atoms with van der Waals surface area (Å²) >= 11 is 0. The van der Waals surface area contributed by atoms with Crippen LogP contribution in [0.3, 0.4) is 0 Å². The normalized spacial score (nSPS) is 16.2. The van der Waals surface area contributed by atoms with Crippen molar-refractivity contribution in [2.45, 2.75) is 45.1 Å². The second-order valence-electron chi connectivity index (χ2n) is 5.64. The summed E-state index contributed by atoms with van der Waals surface area (Å²) in [5.41, 5.74) is 2.76. The van der Waals surface area contributed by atoms with Gasteiger partial charge in [0, 0.05) is 11.6 Å². The van der Waals surface area contributed by atoms with Gasteiger partial charge in [-0.1, -0.05) is 11.6 Å². The maximum Gasteiger partial charge on any atom is 0.123 e.